The Morgan fingerprint density at radius 2 is 1.89 bits per heavy atom. The van der Waals surface area contributed by atoms with Crippen LogP contribution in [0.15, 0.2) is 0 Å². The van der Waals surface area contributed by atoms with E-state index in [1.165, 1.54) is 11.3 Å². The zero-order chi connectivity index (χ0) is 13.4. The van der Waals surface area contributed by atoms with Gasteiger partial charge in [-0.25, -0.2) is 4.79 Å². The van der Waals surface area contributed by atoms with Crippen LogP contribution in [0.3, 0.4) is 0 Å². The Labute approximate surface area is 115 Å². The zero-order valence-corrected chi connectivity index (χ0v) is 11.5. The predicted molar refractivity (Wildman–Crippen MR) is 73.9 cm³/mol. The van der Waals surface area contributed by atoms with E-state index in [2.05, 4.69) is 5.32 Å². The van der Waals surface area contributed by atoms with Crippen LogP contribution in [0.2, 0.25) is 0 Å². The van der Waals surface area contributed by atoms with Gasteiger partial charge in [0.2, 0.25) is 5.91 Å². The number of aryl methyl sites for hydroxylation is 1. The summed E-state index contributed by atoms with van der Waals surface area (Å²) < 4.78 is 0. The average molecular weight is 279 g/mol. The molecule has 1 aromatic heterocycles. The molecule has 1 heterocycles. The number of hydrogen-bond acceptors (Lipinski definition) is 3. The van der Waals surface area contributed by atoms with Gasteiger partial charge in [0.1, 0.15) is 5.00 Å². The summed E-state index contributed by atoms with van der Waals surface area (Å²) in [4.78, 5) is 24.6. The van der Waals surface area contributed by atoms with Crippen LogP contribution in [0.4, 0.5) is 5.00 Å². The quantitative estimate of drug-likeness (QED) is 0.893. The standard InChI is InChI=1S/C14H17NO3S/c16-12(8-4-3-5-8)15-13-11(14(17)18)9-6-1-2-7-10(9)19-13/h8H,1-7H2,(H,15,16)(H,17,18). The first-order chi connectivity index (χ1) is 9.16. The number of carboxylic acids is 1. The van der Waals surface area contributed by atoms with Crippen molar-refractivity contribution >= 4 is 28.2 Å². The number of amides is 1. The number of nitrogens with one attached hydrogen (secondary N) is 1. The molecule has 0 unspecified atom stereocenters. The number of carboxylic acid groups (broad SMARTS) is 1. The fourth-order valence-electron chi connectivity index (χ4n) is 2.76. The smallest absolute Gasteiger partial charge is 0.339 e. The summed E-state index contributed by atoms with van der Waals surface area (Å²) in [5.74, 6) is -0.837. The van der Waals surface area contributed by atoms with Crippen LogP contribution in [0.5, 0.6) is 0 Å². The van der Waals surface area contributed by atoms with Crippen molar-refractivity contribution in [3.63, 3.8) is 0 Å². The van der Waals surface area contributed by atoms with Crippen molar-refractivity contribution < 1.29 is 14.7 Å². The molecule has 1 aromatic rings. The molecule has 2 aliphatic rings. The molecule has 0 spiro atoms. The third kappa shape index (κ3) is 2.27. The van der Waals surface area contributed by atoms with Gasteiger partial charge >= 0.3 is 5.97 Å². The maximum absolute atomic E-state index is 12.0. The van der Waals surface area contributed by atoms with Crippen molar-refractivity contribution in [1.29, 1.82) is 0 Å². The minimum atomic E-state index is -0.914. The third-order valence-corrected chi connectivity index (χ3v) is 5.31. The lowest BCUT2D eigenvalue weighted by molar-refractivity contribution is -0.122. The van der Waals surface area contributed by atoms with E-state index < -0.39 is 5.97 Å². The van der Waals surface area contributed by atoms with E-state index in [1.807, 2.05) is 0 Å². The Bertz CT molecular complexity index is 531. The fraction of sp³-hybridized carbons (Fsp3) is 0.571. The van der Waals surface area contributed by atoms with Crippen LogP contribution in [-0.4, -0.2) is 17.0 Å². The molecule has 2 aliphatic carbocycles. The molecular weight excluding hydrogens is 262 g/mol. The Balaban J connectivity index is 1.89. The van der Waals surface area contributed by atoms with Gasteiger partial charge in [0, 0.05) is 10.8 Å². The molecule has 19 heavy (non-hydrogen) atoms. The van der Waals surface area contributed by atoms with Gasteiger partial charge in [-0.15, -0.1) is 11.3 Å². The lowest BCUT2D eigenvalue weighted by atomic mass is 9.85. The number of thiophene rings is 1. The van der Waals surface area contributed by atoms with Gasteiger partial charge in [-0.05, 0) is 44.1 Å². The Morgan fingerprint density at radius 1 is 1.16 bits per heavy atom. The molecule has 0 radical (unpaired) electrons. The summed E-state index contributed by atoms with van der Waals surface area (Å²) in [5.41, 5.74) is 1.29. The first-order valence-electron chi connectivity index (χ1n) is 6.85. The number of carbonyl (C=O) groups is 2. The SMILES string of the molecule is O=C(O)c1c(NC(=O)C2CCC2)sc2c1CCCC2. The lowest BCUT2D eigenvalue weighted by Gasteiger charge is -2.23. The van der Waals surface area contributed by atoms with Crippen LogP contribution in [0.1, 0.15) is 52.9 Å². The van der Waals surface area contributed by atoms with Gasteiger partial charge in [0.15, 0.2) is 0 Å². The molecule has 4 nitrogen and oxygen atoms in total. The number of hydrogen-bond donors (Lipinski definition) is 2. The Kier molecular flexibility index (Phi) is 3.31. The molecule has 2 N–H and O–H groups in total. The molecule has 102 valence electrons. The van der Waals surface area contributed by atoms with Gasteiger partial charge in [-0.2, -0.15) is 0 Å². The van der Waals surface area contributed by atoms with Gasteiger partial charge < -0.3 is 10.4 Å². The number of aromatic carboxylic acids is 1. The van der Waals surface area contributed by atoms with Crippen molar-refractivity contribution in [1.82, 2.24) is 0 Å². The molecule has 0 saturated heterocycles. The minimum Gasteiger partial charge on any atom is -0.478 e. The Hall–Kier alpha value is -1.36. The van der Waals surface area contributed by atoms with Crippen LogP contribution in [0, 0.1) is 5.92 Å². The van der Waals surface area contributed by atoms with E-state index >= 15 is 0 Å². The van der Waals surface area contributed by atoms with E-state index in [4.69, 9.17) is 0 Å². The molecule has 0 aliphatic heterocycles. The second-order valence-corrected chi connectivity index (χ2v) is 6.44. The largest absolute Gasteiger partial charge is 0.478 e. The summed E-state index contributed by atoms with van der Waals surface area (Å²) in [6.07, 6.45) is 6.89. The van der Waals surface area contributed by atoms with E-state index in [9.17, 15) is 14.7 Å². The number of rotatable bonds is 3. The van der Waals surface area contributed by atoms with E-state index in [1.54, 1.807) is 0 Å². The molecule has 1 amide bonds. The summed E-state index contributed by atoms with van der Waals surface area (Å²) in [6.45, 7) is 0. The summed E-state index contributed by atoms with van der Waals surface area (Å²) in [7, 11) is 0. The van der Waals surface area contributed by atoms with Gasteiger partial charge in [0.25, 0.3) is 0 Å². The topological polar surface area (TPSA) is 66.4 Å². The normalized spacial score (nSPS) is 18.5. The highest BCUT2D eigenvalue weighted by Crippen LogP contribution is 2.39. The second-order valence-electron chi connectivity index (χ2n) is 5.34. The molecule has 0 aromatic carbocycles. The van der Waals surface area contributed by atoms with Crippen LogP contribution < -0.4 is 5.32 Å². The maximum Gasteiger partial charge on any atom is 0.339 e. The Morgan fingerprint density at radius 3 is 2.53 bits per heavy atom. The summed E-state index contributed by atoms with van der Waals surface area (Å²) in [6, 6.07) is 0. The van der Waals surface area contributed by atoms with Crippen molar-refractivity contribution in [2.75, 3.05) is 5.32 Å². The van der Waals surface area contributed by atoms with Crippen molar-refractivity contribution in [2.45, 2.75) is 44.9 Å². The second kappa shape index (κ2) is 4.96. The van der Waals surface area contributed by atoms with Crippen molar-refractivity contribution in [2.24, 2.45) is 5.92 Å². The minimum absolute atomic E-state index is 0.00709. The fourth-order valence-corrected chi connectivity index (χ4v) is 4.05. The molecule has 1 fully saturated rings. The highest BCUT2D eigenvalue weighted by molar-refractivity contribution is 7.17. The van der Waals surface area contributed by atoms with Crippen LogP contribution >= 0.6 is 11.3 Å². The van der Waals surface area contributed by atoms with E-state index in [0.717, 1.165) is 55.4 Å². The molecule has 5 heteroatoms. The number of carbonyl (C=O) groups excluding carboxylic acids is 1. The highest BCUT2D eigenvalue weighted by atomic mass is 32.1. The van der Waals surface area contributed by atoms with Gasteiger partial charge in [-0.3, -0.25) is 4.79 Å². The maximum atomic E-state index is 12.0. The highest BCUT2D eigenvalue weighted by Gasteiger charge is 2.29. The summed E-state index contributed by atoms with van der Waals surface area (Å²) >= 11 is 1.46. The summed E-state index contributed by atoms with van der Waals surface area (Å²) in [5, 5.41) is 12.8. The van der Waals surface area contributed by atoms with Gasteiger partial charge in [-0.1, -0.05) is 6.42 Å². The van der Waals surface area contributed by atoms with Crippen molar-refractivity contribution in [3.8, 4) is 0 Å². The van der Waals surface area contributed by atoms with E-state index in [0.29, 0.717) is 10.6 Å². The molecule has 1 saturated carbocycles. The van der Waals surface area contributed by atoms with Crippen molar-refractivity contribution in [3.05, 3.63) is 16.0 Å². The number of anilines is 1. The van der Waals surface area contributed by atoms with Crippen LogP contribution in [0.25, 0.3) is 0 Å². The van der Waals surface area contributed by atoms with Gasteiger partial charge in [0.05, 0.1) is 5.56 Å². The molecule has 0 bridgehead atoms. The molecule has 3 rings (SSSR count). The number of fused-ring (bicyclic) bond motifs is 1. The average Bonchev–Trinajstić information content (AvgIpc) is 2.63. The zero-order valence-electron chi connectivity index (χ0n) is 10.7. The van der Waals surface area contributed by atoms with Crippen LogP contribution in [-0.2, 0) is 17.6 Å². The molecular formula is C14H17NO3S. The first kappa shape index (κ1) is 12.7. The molecule has 0 atom stereocenters. The lowest BCUT2D eigenvalue weighted by Crippen LogP contribution is -2.28. The monoisotopic (exact) mass is 279 g/mol. The predicted octanol–water partition coefficient (Wildman–Crippen LogP) is 3.06. The van der Waals surface area contributed by atoms with E-state index in [-0.39, 0.29) is 11.8 Å². The first-order valence-corrected chi connectivity index (χ1v) is 7.67. The third-order valence-electron chi connectivity index (χ3n) is 4.10.